The Bertz CT molecular complexity index is 704. The number of halogens is 1. The molecule has 1 atom stereocenters. The normalized spacial score (nSPS) is 24.0. The van der Waals surface area contributed by atoms with E-state index in [2.05, 4.69) is 39.9 Å². The van der Waals surface area contributed by atoms with Crippen molar-refractivity contribution in [2.24, 2.45) is 4.99 Å². The second kappa shape index (κ2) is 9.64. The van der Waals surface area contributed by atoms with Crippen LogP contribution in [-0.2, 0) is 9.84 Å². The number of guanidine groups is 1. The maximum Gasteiger partial charge on any atom is 0.191 e. The van der Waals surface area contributed by atoms with Crippen molar-refractivity contribution < 1.29 is 8.42 Å². The predicted molar refractivity (Wildman–Crippen MR) is 120 cm³/mol. The van der Waals surface area contributed by atoms with Crippen LogP contribution in [0.3, 0.4) is 0 Å². The molecular weight excluding hydrogens is 481 g/mol. The molecule has 146 valence electrons. The molecule has 1 saturated carbocycles. The van der Waals surface area contributed by atoms with Crippen LogP contribution in [0.4, 0.5) is 0 Å². The van der Waals surface area contributed by atoms with Gasteiger partial charge in [0.15, 0.2) is 15.8 Å². The monoisotopic (exact) mass is 509 g/mol. The van der Waals surface area contributed by atoms with Crippen LogP contribution in [0, 0.1) is 0 Å². The average Bonchev–Trinajstić information content (AvgIpc) is 3.19. The first-order chi connectivity index (χ1) is 12.0. The van der Waals surface area contributed by atoms with E-state index in [1.54, 1.807) is 7.05 Å². The van der Waals surface area contributed by atoms with Crippen molar-refractivity contribution in [1.29, 1.82) is 0 Å². The smallest absolute Gasteiger partial charge is 0.191 e. The molecule has 1 aromatic rings. The number of nitrogens with zero attached hydrogens (tertiary/aromatic N) is 1. The fourth-order valence-electron chi connectivity index (χ4n) is 3.61. The maximum atomic E-state index is 11.6. The summed E-state index contributed by atoms with van der Waals surface area (Å²) in [7, 11) is -1.14. The molecule has 2 N–H and O–H groups in total. The molecular formula is C18H28IN3O2S2. The molecule has 0 aromatic heterocycles. The van der Waals surface area contributed by atoms with Gasteiger partial charge in [-0.05, 0) is 31.4 Å². The van der Waals surface area contributed by atoms with Gasteiger partial charge in [0.1, 0.15) is 0 Å². The van der Waals surface area contributed by atoms with Gasteiger partial charge < -0.3 is 10.6 Å². The van der Waals surface area contributed by atoms with E-state index in [4.69, 9.17) is 0 Å². The lowest BCUT2D eigenvalue weighted by Crippen LogP contribution is -2.48. The second-order valence-corrected chi connectivity index (χ2v) is 10.7. The molecule has 2 fully saturated rings. The Labute approximate surface area is 178 Å². The van der Waals surface area contributed by atoms with Gasteiger partial charge in [-0.2, -0.15) is 0 Å². The zero-order chi connectivity index (χ0) is 17.8. The van der Waals surface area contributed by atoms with Crippen LogP contribution in [0.25, 0.3) is 0 Å². The van der Waals surface area contributed by atoms with Crippen molar-refractivity contribution in [3.8, 4) is 0 Å². The molecule has 0 amide bonds. The average molecular weight is 509 g/mol. The van der Waals surface area contributed by atoms with Gasteiger partial charge in [0, 0.05) is 29.3 Å². The number of hydrogen-bond donors (Lipinski definition) is 2. The van der Waals surface area contributed by atoms with Crippen molar-refractivity contribution in [3.63, 3.8) is 0 Å². The molecule has 8 heteroatoms. The van der Waals surface area contributed by atoms with Crippen molar-refractivity contribution in [2.75, 3.05) is 25.1 Å². The molecule has 1 aliphatic carbocycles. The highest BCUT2D eigenvalue weighted by molar-refractivity contribution is 14.0. The summed E-state index contributed by atoms with van der Waals surface area (Å²) in [6.07, 6.45) is 5.55. The molecule has 0 spiro atoms. The zero-order valence-corrected chi connectivity index (χ0v) is 19.1. The summed E-state index contributed by atoms with van der Waals surface area (Å²) in [6.45, 7) is 0.839. The van der Waals surface area contributed by atoms with E-state index in [-0.39, 0.29) is 46.3 Å². The Hall–Kier alpha value is -0.480. The van der Waals surface area contributed by atoms with E-state index in [9.17, 15) is 8.42 Å². The highest BCUT2D eigenvalue weighted by Crippen LogP contribution is 2.44. The minimum atomic E-state index is -2.88. The lowest BCUT2D eigenvalue weighted by molar-refractivity contribution is 0.572. The van der Waals surface area contributed by atoms with Gasteiger partial charge in [0.25, 0.3) is 0 Å². The summed E-state index contributed by atoms with van der Waals surface area (Å²) in [4.78, 5) is 5.59. The molecule has 3 rings (SSSR count). The van der Waals surface area contributed by atoms with Crippen molar-refractivity contribution in [3.05, 3.63) is 30.3 Å². The third kappa shape index (κ3) is 6.02. The van der Waals surface area contributed by atoms with Crippen molar-refractivity contribution in [2.45, 2.75) is 47.8 Å². The first-order valence-electron chi connectivity index (χ1n) is 8.92. The first-order valence-corrected chi connectivity index (χ1v) is 11.6. The Morgan fingerprint density at radius 3 is 2.54 bits per heavy atom. The van der Waals surface area contributed by atoms with Gasteiger partial charge in [-0.1, -0.05) is 31.0 Å². The Morgan fingerprint density at radius 1 is 1.27 bits per heavy atom. The summed E-state index contributed by atoms with van der Waals surface area (Å²) in [5.74, 6) is 1.19. The van der Waals surface area contributed by atoms with E-state index >= 15 is 0 Å². The maximum absolute atomic E-state index is 11.6. The van der Waals surface area contributed by atoms with E-state index in [1.165, 1.54) is 30.6 Å². The van der Waals surface area contributed by atoms with Crippen molar-refractivity contribution in [1.82, 2.24) is 10.6 Å². The van der Waals surface area contributed by atoms with E-state index in [0.29, 0.717) is 12.4 Å². The van der Waals surface area contributed by atoms with Crippen LogP contribution in [-0.4, -0.2) is 50.3 Å². The van der Waals surface area contributed by atoms with Crippen molar-refractivity contribution >= 4 is 51.5 Å². The van der Waals surface area contributed by atoms with Crippen LogP contribution in [0.15, 0.2) is 40.2 Å². The molecule has 0 bridgehead atoms. The summed E-state index contributed by atoms with van der Waals surface area (Å²) in [5, 5.41) is 6.73. The van der Waals surface area contributed by atoms with Crippen LogP contribution in [0.2, 0.25) is 0 Å². The topological polar surface area (TPSA) is 70.6 Å². The number of hydrogen-bond acceptors (Lipinski definition) is 4. The Morgan fingerprint density at radius 2 is 1.96 bits per heavy atom. The van der Waals surface area contributed by atoms with Gasteiger partial charge in [-0.25, -0.2) is 8.42 Å². The quantitative estimate of drug-likeness (QED) is 0.363. The third-order valence-electron chi connectivity index (χ3n) is 4.97. The highest BCUT2D eigenvalue weighted by atomic mass is 127. The number of rotatable bonds is 5. The molecule has 1 unspecified atom stereocenters. The van der Waals surface area contributed by atoms with E-state index < -0.39 is 9.84 Å². The molecule has 1 heterocycles. The largest absolute Gasteiger partial charge is 0.355 e. The minimum Gasteiger partial charge on any atom is -0.355 e. The third-order valence-corrected chi connectivity index (χ3v) is 8.23. The molecule has 1 saturated heterocycles. The molecule has 2 aliphatic rings. The lowest BCUT2D eigenvalue weighted by Gasteiger charge is -2.30. The van der Waals surface area contributed by atoms with E-state index in [0.717, 1.165) is 6.54 Å². The molecule has 5 nitrogen and oxygen atoms in total. The molecule has 26 heavy (non-hydrogen) atoms. The predicted octanol–water partition coefficient (Wildman–Crippen LogP) is 3.06. The summed E-state index contributed by atoms with van der Waals surface area (Å²) in [6, 6.07) is 10.5. The van der Waals surface area contributed by atoms with Gasteiger partial charge in [-0.3, -0.25) is 4.99 Å². The number of nitrogens with one attached hydrogen (secondary N) is 2. The highest BCUT2D eigenvalue weighted by Gasteiger charge is 2.35. The summed E-state index contributed by atoms with van der Waals surface area (Å²) in [5.41, 5.74) is 0. The molecule has 1 aliphatic heterocycles. The molecule has 0 radical (unpaired) electrons. The number of sulfone groups is 1. The fraction of sp³-hybridized carbons (Fsp3) is 0.611. The zero-order valence-electron chi connectivity index (χ0n) is 15.1. The van der Waals surface area contributed by atoms with Crippen LogP contribution >= 0.6 is 35.7 Å². The summed E-state index contributed by atoms with van der Waals surface area (Å²) < 4.78 is 23.4. The standard InChI is InChI=1S/C18H27N3O2S2.HI/c1-19-17(21-15-9-12-25(22,23)13-15)20-14-18(10-5-6-11-18)24-16-7-3-2-4-8-16;/h2-4,7-8,15H,5-6,9-14H2,1H3,(H2,19,20,21);1H. The van der Waals surface area contributed by atoms with Gasteiger partial charge in [-0.15, -0.1) is 35.7 Å². The fourth-order valence-corrected chi connectivity index (χ4v) is 6.72. The van der Waals surface area contributed by atoms with Crippen LogP contribution in [0.1, 0.15) is 32.1 Å². The summed E-state index contributed by atoms with van der Waals surface area (Å²) >= 11 is 1.95. The van der Waals surface area contributed by atoms with Crippen LogP contribution in [0.5, 0.6) is 0 Å². The lowest BCUT2D eigenvalue weighted by atomic mass is 10.1. The number of aliphatic imine (C=N–C) groups is 1. The van der Waals surface area contributed by atoms with Gasteiger partial charge in [0.05, 0.1) is 11.5 Å². The second-order valence-electron chi connectivity index (χ2n) is 6.98. The number of benzene rings is 1. The van der Waals surface area contributed by atoms with E-state index in [1.807, 2.05) is 17.8 Å². The van der Waals surface area contributed by atoms with Gasteiger partial charge in [0.2, 0.25) is 0 Å². The number of thioether (sulfide) groups is 1. The first kappa shape index (κ1) is 21.8. The molecule has 1 aromatic carbocycles. The van der Waals surface area contributed by atoms with Gasteiger partial charge >= 0.3 is 0 Å². The Balaban J connectivity index is 0.00000243. The Kier molecular flexibility index (Phi) is 8.08. The van der Waals surface area contributed by atoms with Crippen LogP contribution < -0.4 is 10.6 Å². The minimum absolute atomic E-state index is 0. The SMILES string of the molecule is CN=C(NCC1(Sc2ccccc2)CCCC1)NC1CCS(=O)(=O)C1.I.